The molecule has 3 aromatic heterocycles. The first-order chi connectivity index (χ1) is 39.7. The van der Waals surface area contributed by atoms with E-state index in [0.717, 1.165) is 188 Å². The van der Waals surface area contributed by atoms with Gasteiger partial charge in [-0.3, -0.25) is 14.7 Å². The fourth-order valence-corrected chi connectivity index (χ4v) is 11.7. The number of ether oxygens (including phenoxy) is 2. The Balaban J connectivity index is 0.000000143. The molecule has 0 saturated carbocycles. The summed E-state index contributed by atoms with van der Waals surface area (Å²) in [5.41, 5.74) is 12.5. The summed E-state index contributed by atoms with van der Waals surface area (Å²) in [5.74, 6) is 2.79. The zero-order chi connectivity index (χ0) is 55.8. The number of carbonyl (C=O) groups excluding carboxylic acids is 1. The maximum absolute atomic E-state index is 11.9. The predicted octanol–water partition coefficient (Wildman–Crippen LogP) is 9.67. The lowest BCUT2D eigenvalue weighted by Gasteiger charge is -2.30. The van der Waals surface area contributed by atoms with Crippen LogP contribution < -0.4 is 20.4 Å². The third-order valence-corrected chi connectivity index (χ3v) is 15.9. The van der Waals surface area contributed by atoms with Gasteiger partial charge in [0.05, 0.1) is 43.5 Å². The molecule has 2 N–H and O–H groups in total. The third kappa shape index (κ3) is 16.2. The topological polar surface area (TPSA) is 153 Å². The van der Waals surface area contributed by atoms with Crippen LogP contribution in [0.15, 0.2) is 115 Å². The highest BCUT2D eigenvalue weighted by Gasteiger charge is 2.27. The number of anilines is 3. The second-order valence-corrected chi connectivity index (χ2v) is 21.8. The fourth-order valence-electron chi connectivity index (χ4n) is 11.0. The molecule has 2 amide bonds. The lowest BCUT2D eigenvalue weighted by molar-refractivity contribution is 0.122. The number of morpholine rings is 2. The maximum atomic E-state index is 11.9. The van der Waals surface area contributed by atoms with Crippen molar-refractivity contribution < 1.29 is 14.3 Å². The van der Waals surface area contributed by atoms with E-state index < -0.39 is 0 Å². The smallest absolute Gasteiger partial charge is 0.319 e. The van der Waals surface area contributed by atoms with Crippen molar-refractivity contribution in [3.63, 3.8) is 0 Å². The summed E-state index contributed by atoms with van der Waals surface area (Å²) in [6.07, 6.45) is 5.45. The number of hydrogen-bond donors (Lipinski definition) is 2. The molecule has 4 aromatic carbocycles. The second kappa shape index (κ2) is 29.1. The Morgan fingerprint density at radius 2 is 0.877 bits per heavy atom. The predicted molar refractivity (Wildman–Crippen MR) is 323 cm³/mol. The van der Waals surface area contributed by atoms with Crippen LogP contribution in [0, 0.1) is 0 Å². The van der Waals surface area contributed by atoms with Gasteiger partial charge in [-0.15, -0.1) is 0 Å². The molecule has 16 nitrogen and oxygen atoms in total. The van der Waals surface area contributed by atoms with Crippen LogP contribution in [0.5, 0.6) is 0 Å². The average molecular weight is 1150 g/mol. The maximum Gasteiger partial charge on any atom is 0.319 e. The molecule has 0 unspecified atom stereocenters. The van der Waals surface area contributed by atoms with Crippen molar-refractivity contribution in [1.82, 2.24) is 49.9 Å². The largest absolute Gasteiger partial charge is 0.378 e. The molecule has 0 spiro atoms. The van der Waals surface area contributed by atoms with E-state index in [1.54, 1.807) is 0 Å². The SMILES string of the molecule is CCNC(=O)Nc1ccc(-c2nc3c(c(N4CCOCC4)n2)CCN(Cc2ccccc2)CC3)cc1.Clc1nc(Cl)c2c(n1)CCN(Cc1ccccc1)CC2.Clc1nc2c(c(N3CCOCC3)n1)CCN(Cc1ccccc1)CC2. The number of urea groups is 1. The summed E-state index contributed by atoms with van der Waals surface area (Å²) in [5, 5.41) is 6.70. The number of hydrogen-bond acceptors (Lipinski definition) is 14. The van der Waals surface area contributed by atoms with Crippen LogP contribution in [0.1, 0.15) is 57.4 Å². The van der Waals surface area contributed by atoms with Crippen molar-refractivity contribution in [1.29, 1.82) is 0 Å². The monoisotopic (exact) mass is 1150 g/mol. The van der Waals surface area contributed by atoms with E-state index in [1.165, 1.54) is 27.8 Å². The summed E-state index contributed by atoms with van der Waals surface area (Å²) in [4.78, 5) is 51.6. The lowest BCUT2D eigenvalue weighted by atomic mass is 10.1. The molecule has 12 rings (SSSR count). The minimum absolute atomic E-state index is 0.207. The van der Waals surface area contributed by atoms with E-state index in [4.69, 9.17) is 54.2 Å². The van der Waals surface area contributed by atoms with Crippen molar-refractivity contribution in [2.75, 3.05) is 114 Å². The van der Waals surface area contributed by atoms with Gasteiger partial charge in [0, 0.05) is 139 Å². The van der Waals surface area contributed by atoms with Crippen LogP contribution >= 0.6 is 34.8 Å². The number of amides is 2. The van der Waals surface area contributed by atoms with E-state index >= 15 is 0 Å². The van der Waals surface area contributed by atoms with Gasteiger partial charge >= 0.3 is 6.03 Å². The first kappa shape index (κ1) is 57.9. The summed E-state index contributed by atoms with van der Waals surface area (Å²) >= 11 is 18.3. The minimum Gasteiger partial charge on any atom is -0.378 e. The van der Waals surface area contributed by atoms with Crippen molar-refractivity contribution >= 4 is 58.2 Å². The van der Waals surface area contributed by atoms with Gasteiger partial charge in [0.25, 0.3) is 0 Å². The highest BCUT2D eigenvalue weighted by atomic mass is 35.5. The molecular formula is C62H72Cl3N13O3. The standard InChI is InChI=1S/C28H34N6O2.C19H23ClN4O.C15H15Cl2N3/c1-2-29-28(35)30-23-10-8-22(9-11-23)26-31-25-13-15-33(20-21-6-4-3-5-7-21)14-12-24(25)27(32-26)34-16-18-36-19-17-34;20-19-21-17-7-9-23(14-15-4-2-1-3-5-15)8-6-16(17)18(22-19)24-10-12-25-13-11-24;16-14-12-6-8-20(10-11-4-2-1-3-5-11)9-7-13(12)18-15(17)19-14/h3-11H,2,12-20H2,1H3,(H2,29,30,35);1-5H,6-14H2;1-5H,6-10H2. The summed E-state index contributed by atoms with van der Waals surface area (Å²) in [7, 11) is 0. The molecule has 5 aliphatic heterocycles. The van der Waals surface area contributed by atoms with Gasteiger partial charge in [0.15, 0.2) is 5.82 Å². The number of aromatic nitrogens is 6. The molecule has 7 aromatic rings. The van der Waals surface area contributed by atoms with Crippen molar-refractivity contribution in [2.24, 2.45) is 0 Å². The molecule has 19 heteroatoms. The average Bonchev–Trinajstić information content (AvgIpc) is 3.96. The molecule has 424 valence electrons. The number of fused-ring (bicyclic) bond motifs is 3. The number of benzene rings is 4. The van der Waals surface area contributed by atoms with E-state index in [2.05, 4.69) is 140 Å². The minimum atomic E-state index is -0.207. The molecule has 0 atom stereocenters. The molecule has 8 heterocycles. The van der Waals surface area contributed by atoms with Gasteiger partial charge in [-0.25, -0.2) is 34.7 Å². The number of carbonyl (C=O) groups is 1. The van der Waals surface area contributed by atoms with Gasteiger partial charge in [-0.05, 0) is 90.3 Å². The zero-order valence-corrected chi connectivity index (χ0v) is 48.5. The van der Waals surface area contributed by atoms with Crippen molar-refractivity contribution in [3.8, 4) is 11.4 Å². The Labute approximate surface area is 491 Å². The van der Waals surface area contributed by atoms with Crippen LogP contribution in [0.4, 0.5) is 22.1 Å². The fraction of sp³-hybridized carbons (Fsp3) is 0.403. The molecule has 0 aliphatic carbocycles. The van der Waals surface area contributed by atoms with Crippen LogP contribution in [-0.4, -0.2) is 149 Å². The van der Waals surface area contributed by atoms with Crippen LogP contribution in [0.3, 0.4) is 0 Å². The Morgan fingerprint density at radius 3 is 1.35 bits per heavy atom. The third-order valence-electron chi connectivity index (χ3n) is 15.3. The van der Waals surface area contributed by atoms with Crippen LogP contribution in [0.25, 0.3) is 11.4 Å². The summed E-state index contributed by atoms with van der Waals surface area (Å²) in [6.45, 7) is 17.6. The Morgan fingerprint density at radius 1 is 0.469 bits per heavy atom. The number of rotatable bonds is 11. The van der Waals surface area contributed by atoms with E-state index in [-0.39, 0.29) is 11.3 Å². The molecule has 81 heavy (non-hydrogen) atoms. The normalized spacial score (nSPS) is 16.8. The first-order valence-corrected chi connectivity index (χ1v) is 29.6. The van der Waals surface area contributed by atoms with Crippen LogP contribution in [0.2, 0.25) is 15.7 Å². The van der Waals surface area contributed by atoms with E-state index in [9.17, 15) is 4.79 Å². The van der Waals surface area contributed by atoms with Crippen LogP contribution in [-0.2, 0) is 67.6 Å². The highest BCUT2D eigenvalue weighted by molar-refractivity contribution is 6.32. The summed E-state index contributed by atoms with van der Waals surface area (Å²) in [6, 6.07) is 39.3. The first-order valence-electron chi connectivity index (χ1n) is 28.5. The lowest BCUT2D eigenvalue weighted by Crippen LogP contribution is -2.38. The van der Waals surface area contributed by atoms with Gasteiger partial charge in [-0.2, -0.15) is 0 Å². The van der Waals surface area contributed by atoms with Gasteiger partial charge in [-0.1, -0.05) is 103 Å². The van der Waals surface area contributed by atoms with Gasteiger partial charge in [0.1, 0.15) is 16.8 Å². The Kier molecular flexibility index (Phi) is 20.8. The quantitative estimate of drug-likeness (QED) is 0.0934. The van der Waals surface area contributed by atoms with Crippen molar-refractivity contribution in [3.05, 3.63) is 181 Å². The second-order valence-electron chi connectivity index (χ2n) is 20.8. The number of nitrogens with zero attached hydrogens (tertiary/aromatic N) is 11. The van der Waals surface area contributed by atoms with Gasteiger partial charge in [0.2, 0.25) is 10.6 Å². The van der Waals surface area contributed by atoms with E-state index in [1.807, 2.05) is 37.3 Å². The Hall–Kier alpha value is -6.34. The number of halogens is 3. The van der Waals surface area contributed by atoms with Gasteiger partial charge < -0.3 is 29.9 Å². The Bertz CT molecular complexity index is 3140. The van der Waals surface area contributed by atoms with Crippen molar-refractivity contribution in [2.45, 2.75) is 65.1 Å². The molecular weight excluding hydrogens is 1080 g/mol. The molecule has 0 radical (unpaired) electrons. The molecule has 2 saturated heterocycles. The molecule has 0 bridgehead atoms. The highest BCUT2D eigenvalue weighted by Crippen LogP contribution is 2.31. The number of nitrogens with one attached hydrogen (secondary N) is 2. The summed E-state index contributed by atoms with van der Waals surface area (Å²) < 4.78 is 11.1. The van der Waals surface area contributed by atoms with E-state index in [0.29, 0.717) is 30.2 Å². The zero-order valence-electron chi connectivity index (χ0n) is 46.2. The molecule has 5 aliphatic rings. The molecule has 2 fully saturated rings.